The molecule has 2 N–H and O–H groups in total. The van der Waals surface area contributed by atoms with Crippen LogP contribution >= 0.6 is 0 Å². The number of rotatable bonds is 5. The quantitative estimate of drug-likeness (QED) is 0.828. The van der Waals surface area contributed by atoms with Crippen molar-refractivity contribution in [3.8, 4) is 0 Å². The first kappa shape index (κ1) is 15.7. The number of amides is 2. The van der Waals surface area contributed by atoms with E-state index in [2.05, 4.69) is 5.43 Å². The van der Waals surface area contributed by atoms with Gasteiger partial charge >= 0.3 is 0 Å². The van der Waals surface area contributed by atoms with Gasteiger partial charge in [-0.1, -0.05) is 36.4 Å². The number of aliphatic hydroxyl groups excluding tert-OH is 1. The highest BCUT2D eigenvalue weighted by Crippen LogP contribution is 2.05. The van der Waals surface area contributed by atoms with E-state index in [1.54, 1.807) is 48.5 Å². The van der Waals surface area contributed by atoms with Gasteiger partial charge in [-0.15, -0.1) is 0 Å². The molecule has 0 fully saturated rings. The lowest BCUT2D eigenvalue weighted by Crippen LogP contribution is -2.46. The van der Waals surface area contributed by atoms with Gasteiger partial charge in [-0.25, -0.2) is 5.01 Å². The lowest BCUT2D eigenvalue weighted by molar-refractivity contribution is 0.0570. The monoisotopic (exact) mass is 298 g/mol. The van der Waals surface area contributed by atoms with Gasteiger partial charge in [0.15, 0.2) is 0 Å². The normalized spacial score (nSPS) is 10.0. The van der Waals surface area contributed by atoms with E-state index in [-0.39, 0.29) is 25.0 Å². The number of hydrogen-bond acceptors (Lipinski definition) is 3. The molecule has 0 aliphatic rings. The second-order valence-corrected chi connectivity index (χ2v) is 4.71. The van der Waals surface area contributed by atoms with Gasteiger partial charge in [-0.2, -0.15) is 0 Å². The van der Waals surface area contributed by atoms with Crippen LogP contribution in [0.5, 0.6) is 0 Å². The van der Waals surface area contributed by atoms with E-state index in [4.69, 9.17) is 5.11 Å². The maximum atomic E-state index is 12.4. The molecule has 2 aromatic carbocycles. The summed E-state index contributed by atoms with van der Waals surface area (Å²) in [5, 5.41) is 10.2. The van der Waals surface area contributed by atoms with E-state index >= 15 is 0 Å². The molecule has 0 bridgehead atoms. The molecule has 2 amide bonds. The van der Waals surface area contributed by atoms with E-state index < -0.39 is 0 Å². The Kier molecular flexibility index (Phi) is 5.68. The fraction of sp³-hybridized carbons (Fsp3) is 0.176. The topological polar surface area (TPSA) is 69.6 Å². The fourth-order valence-corrected chi connectivity index (χ4v) is 1.95. The summed E-state index contributed by atoms with van der Waals surface area (Å²) in [7, 11) is 0. The summed E-state index contributed by atoms with van der Waals surface area (Å²) < 4.78 is 0. The SMILES string of the molecule is O=C(NN(CCCO)C(=O)c1ccccc1)c1ccccc1. The summed E-state index contributed by atoms with van der Waals surface area (Å²) in [6, 6.07) is 17.4. The van der Waals surface area contributed by atoms with Crippen molar-refractivity contribution in [1.29, 1.82) is 0 Å². The van der Waals surface area contributed by atoms with E-state index in [0.717, 1.165) is 0 Å². The number of hydrogen-bond donors (Lipinski definition) is 2. The van der Waals surface area contributed by atoms with Crippen LogP contribution in [-0.2, 0) is 0 Å². The molecule has 22 heavy (non-hydrogen) atoms. The first-order valence-electron chi connectivity index (χ1n) is 7.06. The number of hydrazine groups is 1. The summed E-state index contributed by atoms with van der Waals surface area (Å²) in [4.78, 5) is 24.6. The predicted octanol–water partition coefficient (Wildman–Crippen LogP) is 1.86. The van der Waals surface area contributed by atoms with Gasteiger partial charge in [0.25, 0.3) is 11.8 Å². The molecule has 0 heterocycles. The van der Waals surface area contributed by atoms with Crippen LogP contribution in [0.3, 0.4) is 0 Å². The van der Waals surface area contributed by atoms with Crippen molar-refractivity contribution < 1.29 is 14.7 Å². The molecule has 0 radical (unpaired) electrons. The van der Waals surface area contributed by atoms with Crippen LogP contribution in [0.25, 0.3) is 0 Å². The summed E-state index contributed by atoms with van der Waals surface area (Å²) in [5.74, 6) is -0.666. The maximum absolute atomic E-state index is 12.4. The van der Waals surface area contributed by atoms with E-state index in [1.807, 2.05) is 12.1 Å². The Balaban J connectivity index is 2.12. The molecule has 5 heteroatoms. The number of benzene rings is 2. The molecule has 0 atom stereocenters. The van der Waals surface area contributed by atoms with Gasteiger partial charge in [0.1, 0.15) is 0 Å². The Hall–Kier alpha value is -2.66. The van der Waals surface area contributed by atoms with Crippen molar-refractivity contribution >= 4 is 11.8 Å². The zero-order valence-corrected chi connectivity index (χ0v) is 12.1. The third-order valence-electron chi connectivity index (χ3n) is 3.08. The van der Waals surface area contributed by atoms with E-state index in [0.29, 0.717) is 17.5 Å². The zero-order valence-electron chi connectivity index (χ0n) is 12.1. The Labute approximate surface area is 129 Å². The Morgan fingerprint density at radius 2 is 1.45 bits per heavy atom. The largest absolute Gasteiger partial charge is 0.396 e. The lowest BCUT2D eigenvalue weighted by atomic mass is 10.2. The van der Waals surface area contributed by atoms with Gasteiger partial charge in [-0.05, 0) is 30.7 Å². The van der Waals surface area contributed by atoms with Crippen LogP contribution in [0.2, 0.25) is 0 Å². The maximum Gasteiger partial charge on any atom is 0.272 e. The number of carbonyl (C=O) groups excluding carboxylic acids is 2. The van der Waals surface area contributed by atoms with Gasteiger partial charge in [0.2, 0.25) is 0 Å². The molecule has 0 saturated heterocycles. The highest BCUT2D eigenvalue weighted by atomic mass is 16.3. The van der Waals surface area contributed by atoms with Gasteiger partial charge < -0.3 is 5.11 Å². The van der Waals surface area contributed by atoms with Crippen molar-refractivity contribution in [1.82, 2.24) is 10.4 Å². The molecule has 0 saturated carbocycles. The summed E-state index contributed by atoms with van der Waals surface area (Å²) in [5.41, 5.74) is 3.55. The second kappa shape index (κ2) is 7.95. The third-order valence-corrected chi connectivity index (χ3v) is 3.08. The average Bonchev–Trinajstić information content (AvgIpc) is 2.59. The minimum absolute atomic E-state index is 0.0558. The van der Waals surface area contributed by atoms with Crippen LogP contribution in [0, 0.1) is 0 Å². The number of aliphatic hydroxyl groups is 1. The van der Waals surface area contributed by atoms with Crippen LogP contribution in [0.4, 0.5) is 0 Å². The number of nitrogens with zero attached hydrogens (tertiary/aromatic N) is 1. The van der Waals surface area contributed by atoms with Gasteiger partial charge in [0.05, 0.1) is 0 Å². The molecule has 5 nitrogen and oxygen atoms in total. The smallest absolute Gasteiger partial charge is 0.272 e. The van der Waals surface area contributed by atoms with Crippen molar-refractivity contribution in [3.63, 3.8) is 0 Å². The average molecular weight is 298 g/mol. The molecule has 0 aromatic heterocycles. The minimum Gasteiger partial charge on any atom is -0.396 e. The molecular weight excluding hydrogens is 280 g/mol. The summed E-state index contributed by atoms with van der Waals surface area (Å²) >= 11 is 0. The van der Waals surface area contributed by atoms with Crippen molar-refractivity contribution in [2.24, 2.45) is 0 Å². The fourth-order valence-electron chi connectivity index (χ4n) is 1.95. The molecule has 0 aliphatic carbocycles. The van der Waals surface area contributed by atoms with Crippen LogP contribution < -0.4 is 5.43 Å². The highest BCUT2D eigenvalue weighted by Gasteiger charge is 2.18. The minimum atomic E-state index is -0.358. The molecule has 2 rings (SSSR count). The standard InChI is InChI=1S/C17H18N2O3/c20-13-7-12-19(17(22)15-10-5-2-6-11-15)18-16(21)14-8-3-1-4-9-14/h1-6,8-11,20H,7,12-13H2,(H,18,21). The first-order chi connectivity index (χ1) is 10.7. The Bertz CT molecular complexity index is 614. The second-order valence-electron chi connectivity index (χ2n) is 4.71. The molecule has 0 aliphatic heterocycles. The molecule has 2 aromatic rings. The van der Waals surface area contributed by atoms with E-state index in [1.165, 1.54) is 5.01 Å². The summed E-state index contributed by atoms with van der Waals surface area (Å²) in [6.45, 7) is 0.183. The van der Waals surface area contributed by atoms with E-state index in [9.17, 15) is 9.59 Å². The van der Waals surface area contributed by atoms with Crippen LogP contribution in [0.1, 0.15) is 27.1 Å². The summed E-state index contributed by atoms with van der Waals surface area (Å²) in [6.07, 6.45) is 0.383. The van der Waals surface area contributed by atoms with Crippen molar-refractivity contribution in [3.05, 3.63) is 71.8 Å². The Morgan fingerprint density at radius 1 is 0.909 bits per heavy atom. The lowest BCUT2D eigenvalue weighted by Gasteiger charge is -2.23. The molecule has 0 unspecified atom stereocenters. The van der Waals surface area contributed by atoms with Crippen molar-refractivity contribution in [2.45, 2.75) is 6.42 Å². The zero-order chi connectivity index (χ0) is 15.8. The first-order valence-corrected chi connectivity index (χ1v) is 7.06. The number of nitrogens with one attached hydrogen (secondary N) is 1. The van der Waals surface area contributed by atoms with Crippen LogP contribution in [0.15, 0.2) is 60.7 Å². The van der Waals surface area contributed by atoms with Crippen molar-refractivity contribution in [2.75, 3.05) is 13.2 Å². The molecule has 114 valence electrons. The Morgan fingerprint density at radius 3 is 2.00 bits per heavy atom. The highest BCUT2D eigenvalue weighted by molar-refractivity contribution is 5.99. The number of carbonyl (C=O) groups is 2. The molecule has 0 spiro atoms. The van der Waals surface area contributed by atoms with Gasteiger partial charge in [-0.3, -0.25) is 15.0 Å². The molecular formula is C17H18N2O3. The third kappa shape index (κ3) is 4.17. The van der Waals surface area contributed by atoms with Gasteiger partial charge in [0, 0.05) is 24.3 Å². The van der Waals surface area contributed by atoms with Crippen LogP contribution in [-0.4, -0.2) is 35.1 Å². The predicted molar refractivity (Wildman–Crippen MR) is 83.1 cm³/mol.